The van der Waals surface area contributed by atoms with E-state index >= 15 is 0 Å². The molecule has 6 heteroatoms. The number of carbonyl (C=O) groups excluding carboxylic acids is 1. The minimum absolute atomic E-state index is 0.0180. The maximum absolute atomic E-state index is 13.4. The van der Waals surface area contributed by atoms with Crippen LogP contribution in [0.2, 0.25) is 0 Å². The Kier molecular flexibility index (Phi) is 7.39. The van der Waals surface area contributed by atoms with Crippen LogP contribution in [0.3, 0.4) is 0 Å². The summed E-state index contributed by atoms with van der Waals surface area (Å²) in [6.45, 7) is 11.4. The lowest BCUT2D eigenvalue weighted by Crippen LogP contribution is -2.46. The molecular weight excluding hydrogens is 319 g/mol. The number of hydrogen-bond acceptors (Lipinski definition) is 2. The van der Waals surface area contributed by atoms with E-state index in [0.29, 0.717) is 25.6 Å². The summed E-state index contributed by atoms with van der Waals surface area (Å²) in [5, 5.41) is 9.29. The van der Waals surface area contributed by atoms with Gasteiger partial charge in [0.25, 0.3) is 0 Å². The number of guanidine groups is 1. The minimum atomic E-state index is -0.394. The molecule has 0 aliphatic rings. The van der Waals surface area contributed by atoms with Crippen LogP contribution in [0.4, 0.5) is 4.39 Å². The van der Waals surface area contributed by atoms with Gasteiger partial charge in [0.1, 0.15) is 5.82 Å². The third kappa shape index (κ3) is 7.11. The van der Waals surface area contributed by atoms with E-state index in [2.05, 4.69) is 20.9 Å². The number of hydrogen-bond donors (Lipinski definition) is 3. The number of amides is 1. The van der Waals surface area contributed by atoms with Gasteiger partial charge in [0.15, 0.2) is 5.96 Å². The number of aliphatic imine (C=N–C) groups is 1. The zero-order chi connectivity index (χ0) is 19.1. The van der Waals surface area contributed by atoms with E-state index in [0.717, 1.165) is 5.56 Å². The standard InChI is InChI=1S/C19H31FN4O/c1-18(2,3)16(25)22-10-11-23-17(21-6)24-13-19(4,5)14-8-7-9-15(20)12-14/h7-9,12H,10-11,13H2,1-6H3,(H,22,25)(H2,21,23,24). The molecule has 0 fully saturated rings. The average molecular weight is 350 g/mol. The molecular formula is C19H31FN4O. The van der Waals surface area contributed by atoms with Gasteiger partial charge in [-0.25, -0.2) is 4.39 Å². The molecule has 1 aromatic carbocycles. The van der Waals surface area contributed by atoms with Crippen LogP contribution in [0.25, 0.3) is 0 Å². The van der Waals surface area contributed by atoms with Crippen molar-refractivity contribution < 1.29 is 9.18 Å². The molecule has 25 heavy (non-hydrogen) atoms. The van der Waals surface area contributed by atoms with Crippen LogP contribution in [-0.4, -0.2) is 38.5 Å². The molecule has 140 valence electrons. The molecule has 0 bridgehead atoms. The highest BCUT2D eigenvalue weighted by Crippen LogP contribution is 2.22. The van der Waals surface area contributed by atoms with Gasteiger partial charge in [0.2, 0.25) is 5.91 Å². The zero-order valence-corrected chi connectivity index (χ0v) is 16.2. The van der Waals surface area contributed by atoms with Gasteiger partial charge in [-0.1, -0.05) is 46.8 Å². The average Bonchev–Trinajstić information content (AvgIpc) is 2.53. The maximum atomic E-state index is 13.4. The molecule has 1 rings (SSSR count). The van der Waals surface area contributed by atoms with Gasteiger partial charge in [-0.05, 0) is 17.7 Å². The number of rotatable bonds is 6. The van der Waals surface area contributed by atoms with Crippen molar-refractivity contribution in [3.05, 3.63) is 35.6 Å². The van der Waals surface area contributed by atoms with Crippen molar-refractivity contribution in [2.75, 3.05) is 26.7 Å². The van der Waals surface area contributed by atoms with E-state index in [-0.39, 0.29) is 17.1 Å². The number of benzene rings is 1. The third-order valence-electron chi connectivity index (χ3n) is 3.91. The van der Waals surface area contributed by atoms with Gasteiger partial charge in [-0.2, -0.15) is 0 Å². The number of nitrogens with one attached hydrogen (secondary N) is 3. The fraction of sp³-hybridized carbons (Fsp3) is 0.579. The molecule has 0 radical (unpaired) electrons. The van der Waals surface area contributed by atoms with Crippen molar-refractivity contribution in [1.29, 1.82) is 0 Å². The summed E-state index contributed by atoms with van der Waals surface area (Å²) in [5.41, 5.74) is 0.280. The molecule has 0 unspecified atom stereocenters. The lowest BCUT2D eigenvalue weighted by atomic mass is 9.84. The van der Waals surface area contributed by atoms with E-state index in [1.54, 1.807) is 19.2 Å². The Morgan fingerprint density at radius 3 is 2.28 bits per heavy atom. The van der Waals surface area contributed by atoms with Crippen molar-refractivity contribution >= 4 is 11.9 Å². The first-order valence-corrected chi connectivity index (χ1v) is 8.55. The highest BCUT2D eigenvalue weighted by atomic mass is 19.1. The van der Waals surface area contributed by atoms with E-state index < -0.39 is 5.41 Å². The van der Waals surface area contributed by atoms with Crippen molar-refractivity contribution in [3.8, 4) is 0 Å². The molecule has 5 nitrogen and oxygen atoms in total. The Balaban J connectivity index is 2.45. The lowest BCUT2D eigenvalue weighted by Gasteiger charge is -2.27. The monoisotopic (exact) mass is 350 g/mol. The van der Waals surface area contributed by atoms with Crippen molar-refractivity contribution in [1.82, 2.24) is 16.0 Å². The van der Waals surface area contributed by atoms with Crippen molar-refractivity contribution in [2.45, 2.75) is 40.0 Å². The molecule has 0 saturated carbocycles. The van der Waals surface area contributed by atoms with Gasteiger partial charge in [-0.15, -0.1) is 0 Å². The topological polar surface area (TPSA) is 65.5 Å². The summed E-state index contributed by atoms with van der Waals surface area (Å²) in [7, 11) is 1.69. The smallest absolute Gasteiger partial charge is 0.225 e. The van der Waals surface area contributed by atoms with Crippen LogP contribution in [0.15, 0.2) is 29.3 Å². The van der Waals surface area contributed by atoms with Gasteiger partial charge in [0.05, 0.1) is 0 Å². The fourth-order valence-electron chi connectivity index (χ4n) is 2.16. The van der Waals surface area contributed by atoms with Crippen LogP contribution in [0.1, 0.15) is 40.2 Å². The lowest BCUT2D eigenvalue weighted by molar-refractivity contribution is -0.128. The molecule has 0 aliphatic heterocycles. The second-order valence-corrected chi connectivity index (χ2v) is 7.75. The summed E-state index contributed by atoms with van der Waals surface area (Å²) in [5.74, 6) is 0.432. The van der Waals surface area contributed by atoms with Crippen molar-refractivity contribution in [2.24, 2.45) is 10.4 Å². The van der Waals surface area contributed by atoms with Gasteiger partial charge < -0.3 is 16.0 Å². The second-order valence-electron chi connectivity index (χ2n) is 7.75. The summed E-state index contributed by atoms with van der Waals surface area (Å²) >= 11 is 0. The summed E-state index contributed by atoms with van der Waals surface area (Å²) in [6, 6.07) is 6.64. The third-order valence-corrected chi connectivity index (χ3v) is 3.91. The minimum Gasteiger partial charge on any atom is -0.356 e. The van der Waals surface area contributed by atoms with E-state index in [9.17, 15) is 9.18 Å². The van der Waals surface area contributed by atoms with Crippen LogP contribution in [0, 0.1) is 11.2 Å². The first-order chi connectivity index (χ1) is 11.6. The SMILES string of the molecule is CN=C(NCCNC(=O)C(C)(C)C)NCC(C)(C)c1cccc(F)c1. The molecule has 1 aromatic rings. The predicted octanol–water partition coefficient (Wildman–Crippen LogP) is 2.43. The molecule has 0 spiro atoms. The molecule has 0 heterocycles. The Bertz CT molecular complexity index is 606. The zero-order valence-electron chi connectivity index (χ0n) is 16.2. The molecule has 0 aromatic heterocycles. The first kappa shape index (κ1) is 20.9. The predicted molar refractivity (Wildman–Crippen MR) is 101 cm³/mol. The Labute approximate surface area is 150 Å². The number of carbonyl (C=O) groups is 1. The van der Waals surface area contributed by atoms with Crippen LogP contribution >= 0.6 is 0 Å². The van der Waals surface area contributed by atoms with E-state index in [1.807, 2.05) is 40.7 Å². The van der Waals surface area contributed by atoms with Gasteiger partial charge in [0, 0.05) is 37.5 Å². The Morgan fingerprint density at radius 2 is 1.72 bits per heavy atom. The number of nitrogens with zero attached hydrogens (tertiary/aromatic N) is 1. The van der Waals surface area contributed by atoms with E-state index in [1.165, 1.54) is 6.07 Å². The summed E-state index contributed by atoms with van der Waals surface area (Å²) < 4.78 is 13.4. The van der Waals surface area contributed by atoms with Crippen LogP contribution in [0.5, 0.6) is 0 Å². The summed E-state index contributed by atoms with van der Waals surface area (Å²) in [6.07, 6.45) is 0. The normalized spacial score (nSPS) is 12.7. The largest absolute Gasteiger partial charge is 0.356 e. The molecule has 0 saturated heterocycles. The Hall–Kier alpha value is -2.11. The van der Waals surface area contributed by atoms with Crippen LogP contribution < -0.4 is 16.0 Å². The molecule has 0 atom stereocenters. The quantitative estimate of drug-likeness (QED) is 0.419. The first-order valence-electron chi connectivity index (χ1n) is 8.55. The molecule has 3 N–H and O–H groups in total. The second kappa shape index (κ2) is 8.83. The number of halogens is 1. The maximum Gasteiger partial charge on any atom is 0.225 e. The highest BCUT2D eigenvalue weighted by Gasteiger charge is 2.22. The fourth-order valence-corrected chi connectivity index (χ4v) is 2.16. The molecule has 0 aliphatic carbocycles. The Morgan fingerprint density at radius 1 is 1.08 bits per heavy atom. The highest BCUT2D eigenvalue weighted by molar-refractivity contribution is 5.81. The summed E-state index contributed by atoms with van der Waals surface area (Å²) in [4.78, 5) is 16.0. The van der Waals surface area contributed by atoms with E-state index in [4.69, 9.17) is 0 Å². The van der Waals surface area contributed by atoms with Crippen molar-refractivity contribution in [3.63, 3.8) is 0 Å². The van der Waals surface area contributed by atoms with Gasteiger partial charge >= 0.3 is 0 Å². The van der Waals surface area contributed by atoms with Crippen LogP contribution in [-0.2, 0) is 10.2 Å². The van der Waals surface area contributed by atoms with Gasteiger partial charge in [-0.3, -0.25) is 9.79 Å². The molecule has 1 amide bonds.